The third-order valence-corrected chi connectivity index (χ3v) is 5.99. The molecule has 0 radical (unpaired) electrons. The van der Waals surface area contributed by atoms with Gasteiger partial charge in [-0.3, -0.25) is 19.4 Å². The van der Waals surface area contributed by atoms with E-state index in [9.17, 15) is 22.8 Å². The Balaban J connectivity index is 1.41. The van der Waals surface area contributed by atoms with E-state index in [1.165, 1.54) is 0 Å². The predicted octanol–water partition coefficient (Wildman–Crippen LogP) is 2.11. The first-order valence-electron chi connectivity index (χ1n) is 10.8. The number of hydrogen-bond donors (Lipinski definition) is 1. The van der Waals surface area contributed by atoms with Gasteiger partial charge in [0.05, 0.1) is 13.1 Å². The van der Waals surface area contributed by atoms with Crippen LogP contribution in [0.1, 0.15) is 25.3 Å². The van der Waals surface area contributed by atoms with Crippen molar-refractivity contribution >= 4 is 11.8 Å². The molecular formula is C22H31F3N4O2. The normalized spacial score (nSPS) is 19.1. The van der Waals surface area contributed by atoms with Crippen LogP contribution in [0.5, 0.6) is 0 Å². The Morgan fingerprint density at radius 2 is 1.65 bits per heavy atom. The van der Waals surface area contributed by atoms with Crippen LogP contribution in [-0.2, 0) is 16.1 Å². The molecule has 172 valence electrons. The number of carbonyl (C=O) groups is 2. The minimum atomic E-state index is -4.40. The molecular weight excluding hydrogens is 409 g/mol. The average Bonchev–Trinajstić information content (AvgIpc) is 3.57. The number of alkyl halides is 3. The lowest BCUT2D eigenvalue weighted by molar-refractivity contribution is -0.166. The summed E-state index contributed by atoms with van der Waals surface area (Å²) in [6.45, 7) is 3.56. The summed E-state index contributed by atoms with van der Waals surface area (Å²) < 4.78 is 38.9. The fraction of sp³-hybridized carbons (Fsp3) is 0.636. The van der Waals surface area contributed by atoms with Gasteiger partial charge in [-0.15, -0.1) is 0 Å². The van der Waals surface area contributed by atoms with Crippen LogP contribution in [0.25, 0.3) is 0 Å². The zero-order chi connectivity index (χ0) is 22.4. The zero-order valence-electron chi connectivity index (χ0n) is 17.9. The van der Waals surface area contributed by atoms with Crippen LogP contribution >= 0.6 is 0 Å². The monoisotopic (exact) mass is 440 g/mol. The first kappa shape index (κ1) is 23.5. The summed E-state index contributed by atoms with van der Waals surface area (Å²) in [7, 11) is 0. The molecule has 1 unspecified atom stereocenters. The first-order chi connectivity index (χ1) is 14.7. The molecule has 3 rings (SSSR count). The van der Waals surface area contributed by atoms with Gasteiger partial charge in [-0.25, -0.2) is 0 Å². The van der Waals surface area contributed by atoms with Crippen molar-refractivity contribution in [3.63, 3.8) is 0 Å². The molecule has 1 N–H and O–H groups in total. The third kappa shape index (κ3) is 7.81. The summed E-state index contributed by atoms with van der Waals surface area (Å²) in [5, 5.41) is 2.89. The summed E-state index contributed by atoms with van der Waals surface area (Å²) >= 11 is 0. The van der Waals surface area contributed by atoms with Crippen LogP contribution in [0, 0.1) is 5.92 Å². The van der Waals surface area contributed by atoms with Gasteiger partial charge < -0.3 is 10.2 Å². The van der Waals surface area contributed by atoms with E-state index in [-0.39, 0.29) is 31.0 Å². The third-order valence-electron chi connectivity index (χ3n) is 5.99. The number of nitrogens with zero attached hydrogens (tertiary/aromatic N) is 3. The Morgan fingerprint density at radius 3 is 2.19 bits per heavy atom. The molecule has 31 heavy (non-hydrogen) atoms. The lowest BCUT2D eigenvalue weighted by Crippen LogP contribution is -2.54. The summed E-state index contributed by atoms with van der Waals surface area (Å²) in [6.07, 6.45) is -2.63. The Morgan fingerprint density at radius 1 is 1.06 bits per heavy atom. The summed E-state index contributed by atoms with van der Waals surface area (Å²) in [5.74, 6) is -0.355. The summed E-state index contributed by atoms with van der Waals surface area (Å²) in [6, 6.07) is 9.27. The van der Waals surface area contributed by atoms with Crippen molar-refractivity contribution in [2.75, 3.05) is 45.8 Å². The first-order valence-corrected chi connectivity index (χ1v) is 10.8. The largest absolute Gasteiger partial charge is 0.406 e. The molecule has 1 atom stereocenters. The second-order valence-corrected chi connectivity index (χ2v) is 8.53. The molecule has 1 saturated heterocycles. The van der Waals surface area contributed by atoms with Crippen molar-refractivity contribution in [2.24, 2.45) is 5.92 Å². The molecule has 1 aromatic rings. The maximum absolute atomic E-state index is 13.0. The molecule has 9 heteroatoms. The van der Waals surface area contributed by atoms with E-state index in [1.54, 1.807) is 6.92 Å². The number of halogens is 3. The van der Waals surface area contributed by atoms with Gasteiger partial charge in [-0.1, -0.05) is 30.3 Å². The number of rotatable bonds is 9. The quantitative estimate of drug-likeness (QED) is 0.639. The van der Waals surface area contributed by atoms with Crippen LogP contribution in [0.3, 0.4) is 0 Å². The summed E-state index contributed by atoms with van der Waals surface area (Å²) in [5.41, 5.74) is 1.03. The molecule has 1 heterocycles. The van der Waals surface area contributed by atoms with Crippen molar-refractivity contribution in [1.82, 2.24) is 20.0 Å². The van der Waals surface area contributed by atoms with Crippen molar-refractivity contribution in [1.29, 1.82) is 0 Å². The van der Waals surface area contributed by atoms with Crippen LogP contribution in [-0.4, -0.2) is 84.5 Å². The van der Waals surface area contributed by atoms with E-state index >= 15 is 0 Å². The number of carbonyl (C=O) groups excluding carboxylic acids is 2. The van der Waals surface area contributed by atoms with Gasteiger partial charge in [0.25, 0.3) is 0 Å². The highest BCUT2D eigenvalue weighted by Gasteiger charge is 2.40. The number of amides is 2. The molecule has 1 aliphatic heterocycles. The molecule has 2 fully saturated rings. The molecule has 1 aliphatic carbocycles. The average molecular weight is 441 g/mol. The molecule has 0 bridgehead atoms. The van der Waals surface area contributed by atoms with Gasteiger partial charge >= 0.3 is 6.18 Å². The molecule has 0 aromatic heterocycles. The molecule has 6 nitrogen and oxygen atoms in total. The fourth-order valence-corrected chi connectivity index (χ4v) is 3.93. The van der Waals surface area contributed by atoms with Gasteiger partial charge in [-0.2, -0.15) is 13.2 Å². The van der Waals surface area contributed by atoms with E-state index in [1.807, 2.05) is 40.1 Å². The Bertz CT molecular complexity index is 732. The smallest absolute Gasteiger partial charge is 0.351 e. The molecule has 2 amide bonds. The molecule has 0 spiro atoms. The molecule has 2 aliphatic rings. The minimum absolute atomic E-state index is 0.0127. The molecule has 1 saturated carbocycles. The number of benzene rings is 1. The van der Waals surface area contributed by atoms with Crippen molar-refractivity contribution in [2.45, 2.75) is 38.5 Å². The standard InChI is InChI=1S/C22H31F3N4O2/c1-17(19-7-8-19)29(16-22(23,24)25)21(31)15-28-11-9-27(10-12-28)14-20(30)26-13-18-5-3-2-4-6-18/h2-6,17,19H,7-16H2,1H3,(H,26,30). The zero-order valence-corrected chi connectivity index (χ0v) is 17.9. The van der Waals surface area contributed by atoms with Crippen molar-refractivity contribution < 1.29 is 22.8 Å². The second-order valence-electron chi connectivity index (χ2n) is 8.53. The van der Waals surface area contributed by atoms with Crippen molar-refractivity contribution in [3.8, 4) is 0 Å². The Hall–Kier alpha value is -2.13. The van der Waals surface area contributed by atoms with E-state index in [2.05, 4.69) is 5.32 Å². The number of piperazine rings is 1. The Labute approximate surface area is 181 Å². The lowest BCUT2D eigenvalue weighted by atomic mass is 10.1. The number of nitrogens with one attached hydrogen (secondary N) is 1. The van der Waals surface area contributed by atoms with Gasteiger partial charge in [0.2, 0.25) is 11.8 Å². The SMILES string of the molecule is CC(C1CC1)N(CC(F)(F)F)C(=O)CN1CCN(CC(=O)NCc2ccccc2)CC1. The van der Waals surface area contributed by atoms with Crippen LogP contribution in [0.15, 0.2) is 30.3 Å². The summed E-state index contributed by atoms with van der Waals surface area (Å²) in [4.78, 5) is 29.7. The molecule has 1 aromatic carbocycles. The fourth-order valence-electron chi connectivity index (χ4n) is 3.93. The Kier molecular flexibility index (Phi) is 7.94. The van der Waals surface area contributed by atoms with Gasteiger partial charge in [0, 0.05) is 38.8 Å². The van der Waals surface area contributed by atoms with Gasteiger partial charge in [0.1, 0.15) is 6.54 Å². The highest BCUT2D eigenvalue weighted by Crippen LogP contribution is 2.36. The van der Waals surface area contributed by atoms with E-state index in [0.717, 1.165) is 23.3 Å². The van der Waals surface area contributed by atoms with Crippen molar-refractivity contribution in [3.05, 3.63) is 35.9 Å². The predicted molar refractivity (Wildman–Crippen MR) is 111 cm³/mol. The van der Waals surface area contributed by atoms with Gasteiger partial charge in [0.15, 0.2) is 0 Å². The van der Waals surface area contributed by atoms with Crippen LogP contribution < -0.4 is 5.32 Å². The highest BCUT2D eigenvalue weighted by atomic mass is 19.4. The number of hydrogen-bond acceptors (Lipinski definition) is 4. The highest BCUT2D eigenvalue weighted by molar-refractivity contribution is 5.79. The lowest BCUT2D eigenvalue weighted by Gasteiger charge is -2.36. The van der Waals surface area contributed by atoms with Crippen LogP contribution in [0.2, 0.25) is 0 Å². The second kappa shape index (κ2) is 10.5. The minimum Gasteiger partial charge on any atom is -0.351 e. The maximum atomic E-state index is 13.0. The van der Waals surface area contributed by atoms with E-state index in [0.29, 0.717) is 32.7 Å². The topological polar surface area (TPSA) is 55.9 Å². The van der Waals surface area contributed by atoms with Crippen LogP contribution in [0.4, 0.5) is 13.2 Å². The van der Waals surface area contributed by atoms with E-state index in [4.69, 9.17) is 0 Å². The van der Waals surface area contributed by atoms with Gasteiger partial charge in [-0.05, 0) is 31.2 Å². The van der Waals surface area contributed by atoms with E-state index < -0.39 is 18.6 Å². The maximum Gasteiger partial charge on any atom is 0.406 e.